The summed E-state index contributed by atoms with van der Waals surface area (Å²) in [5, 5.41) is 2.94. The Kier molecular flexibility index (Phi) is 4.58. The fraction of sp³-hybridized carbons (Fsp3) is 0.235. The lowest BCUT2D eigenvalue weighted by atomic mass is 10.0. The van der Waals surface area contributed by atoms with Crippen molar-refractivity contribution in [2.45, 2.75) is 26.3 Å². The Morgan fingerprint density at radius 2 is 1.90 bits per heavy atom. The average Bonchev–Trinajstić information content (AvgIpc) is 2.45. The second-order valence-corrected chi connectivity index (χ2v) is 5.08. The van der Waals surface area contributed by atoms with Crippen molar-refractivity contribution in [3.63, 3.8) is 0 Å². The van der Waals surface area contributed by atoms with E-state index in [0.29, 0.717) is 5.56 Å². The monoisotopic (exact) mass is 286 g/mol. The van der Waals surface area contributed by atoms with E-state index in [2.05, 4.69) is 5.32 Å². The first kappa shape index (κ1) is 15.0. The van der Waals surface area contributed by atoms with Gasteiger partial charge in [-0.1, -0.05) is 36.8 Å². The van der Waals surface area contributed by atoms with Crippen molar-refractivity contribution in [2.75, 3.05) is 5.73 Å². The van der Waals surface area contributed by atoms with E-state index in [1.807, 2.05) is 38.1 Å². The van der Waals surface area contributed by atoms with Crippen LogP contribution in [0.2, 0.25) is 0 Å². The summed E-state index contributed by atoms with van der Waals surface area (Å²) in [6.07, 6.45) is 0.760. The fourth-order valence-electron chi connectivity index (χ4n) is 2.20. The molecule has 0 bridgehead atoms. The molecule has 2 aromatic rings. The molecule has 2 rings (SSSR count). The summed E-state index contributed by atoms with van der Waals surface area (Å²) in [4.78, 5) is 12.3. The third-order valence-corrected chi connectivity index (χ3v) is 3.45. The molecule has 0 aliphatic heterocycles. The summed E-state index contributed by atoms with van der Waals surface area (Å²) in [6, 6.07) is 11.7. The van der Waals surface area contributed by atoms with Crippen molar-refractivity contribution < 1.29 is 9.18 Å². The van der Waals surface area contributed by atoms with Crippen LogP contribution in [0.4, 0.5) is 10.1 Å². The molecular weight excluding hydrogens is 267 g/mol. The summed E-state index contributed by atoms with van der Waals surface area (Å²) in [5.74, 6) is -0.741. The molecule has 0 fully saturated rings. The minimum absolute atomic E-state index is 0.0949. The highest BCUT2D eigenvalue weighted by Gasteiger charge is 2.16. The van der Waals surface area contributed by atoms with Gasteiger partial charge in [0, 0.05) is 5.69 Å². The number of halogens is 1. The second kappa shape index (κ2) is 6.39. The van der Waals surface area contributed by atoms with E-state index in [-0.39, 0.29) is 17.6 Å². The molecule has 3 nitrogen and oxygen atoms in total. The van der Waals surface area contributed by atoms with Crippen LogP contribution in [-0.2, 0) is 0 Å². The predicted octanol–water partition coefficient (Wildman–Crippen LogP) is 3.60. The lowest BCUT2D eigenvalue weighted by molar-refractivity contribution is 0.0936. The molecule has 1 unspecified atom stereocenters. The molecule has 0 aromatic heterocycles. The number of nitrogens with two attached hydrogens (primary N) is 1. The molecule has 1 atom stereocenters. The molecule has 0 saturated carbocycles. The molecule has 0 saturated heterocycles. The van der Waals surface area contributed by atoms with E-state index in [0.717, 1.165) is 18.1 Å². The van der Waals surface area contributed by atoms with Crippen LogP contribution in [0.25, 0.3) is 0 Å². The van der Waals surface area contributed by atoms with Crippen LogP contribution >= 0.6 is 0 Å². The summed E-state index contributed by atoms with van der Waals surface area (Å²) in [7, 11) is 0. The number of aryl methyl sites for hydroxylation is 1. The van der Waals surface area contributed by atoms with E-state index in [9.17, 15) is 9.18 Å². The van der Waals surface area contributed by atoms with E-state index in [4.69, 9.17) is 5.73 Å². The normalized spacial score (nSPS) is 12.0. The first-order valence-corrected chi connectivity index (χ1v) is 6.93. The van der Waals surface area contributed by atoms with Gasteiger partial charge in [-0.05, 0) is 37.1 Å². The SMILES string of the molecule is CCC(NC(=O)c1ccc(F)cc1N)c1ccc(C)cc1. The van der Waals surface area contributed by atoms with Crippen molar-refractivity contribution in [1.29, 1.82) is 0 Å². The first-order chi connectivity index (χ1) is 10.0. The molecule has 2 aromatic carbocycles. The van der Waals surface area contributed by atoms with E-state index >= 15 is 0 Å². The van der Waals surface area contributed by atoms with Gasteiger partial charge in [-0.25, -0.2) is 4.39 Å². The molecule has 110 valence electrons. The lowest BCUT2D eigenvalue weighted by Crippen LogP contribution is -2.28. The summed E-state index contributed by atoms with van der Waals surface area (Å²) in [6.45, 7) is 4.02. The summed E-state index contributed by atoms with van der Waals surface area (Å²) < 4.78 is 13.0. The van der Waals surface area contributed by atoms with Crippen LogP contribution in [0.3, 0.4) is 0 Å². The molecule has 21 heavy (non-hydrogen) atoms. The average molecular weight is 286 g/mol. The first-order valence-electron chi connectivity index (χ1n) is 6.93. The predicted molar refractivity (Wildman–Crippen MR) is 82.5 cm³/mol. The quantitative estimate of drug-likeness (QED) is 0.844. The highest BCUT2D eigenvalue weighted by Crippen LogP contribution is 2.19. The third-order valence-electron chi connectivity index (χ3n) is 3.45. The minimum atomic E-state index is -0.449. The topological polar surface area (TPSA) is 55.1 Å². The highest BCUT2D eigenvalue weighted by atomic mass is 19.1. The molecule has 0 aliphatic carbocycles. The van der Waals surface area contributed by atoms with Gasteiger partial charge in [0.15, 0.2) is 0 Å². The van der Waals surface area contributed by atoms with Gasteiger partial charge in [0.2, 0.25) is 0 Å². The van der Waals surface area contributed by atoms with Crippen LogP contribution < -0.4 is 11.1 Å². The number of benzene rings is 2. The largest absolute Gasteiger partial charge is 0.398 e. The van der Waals surface area contributed by atoms with E-state index in [1.165, 1.54) is 17.7 Å². The number of nitrogens with one attached hydrogen (secondary N) is 1. The summed E-state index contributed by atoms with van der Waals surface area (Å²) in [5.41, 5.74) is 8.34. The molecule has 4 heteroatoms. The number of nitrogen functional groups attached to an aromatic ring is 1. The van der Waals surface area contributed by atoms with Gasteiger partial charge in [0.25, 0.3) is 5.91 Å². The number of anilines is 1. The number of rotatable bonds is 4. The van der Waals surface area contributed by atoms with Gasteiger partial charge in [0.1, 0.15) is 5.82 Å². The van der Waals surface area contributed by atoms with E-state index < -0.39 is 5.82 Å². The van der Waals surface area contributed by atoms with Crippen molar-refractivity contribution in [2.24, 2.45) is 0 Å². The van der Waals surface area contributed by atoms with Gasteiger partial charge in [-0.2, -0.15) is 0 Å². The number of amides is 1. The zero-order valence-electron chi connectivity index (χ0n) is 12.2. The van der Waals surface area contributed by atoms with Crippen molar-refractivity contribution in [1.82, 2.24) is 5.32 Å². The Morgan fingerprint density at radius 3 is 2.48 bits per heavy atom. The van der Waals surface area contributed by atoms with Gasteiger partial charge < -0.3 is 11.1 Å². The Balaban J connectivity index is 2.18. The van der Waals surface area contributed by atoms with Crippen LogP contribution in [-0.4, -0.2) is 5.91 Å². The van der Waals surface area contributed by atoms with Crippen molar-refractivity contribution in [3.05, 3.63) is 65.0 Å². The van der Waals surface area contributed by atoms with Crippen LogP contribution in [0.5, 0.6) is 0 Å². The summed E-state index contributed by atoms with van der Waals surface area (Å²) >= 11 is 0. The molecule has 1 amide bonds. The molecule has 0 aliphatic rings. The Hall–Kier alpha value is -2.36. The van der Waals surface area contributed by atoms with Crippen LogP contribution in [0.15, 0.2) is 42.5 Å². The van der Waals surface area contributed by atoms with Crippen LogP contribution in [0, 0.1) is 12.7 Å². The van der Waals surface area contributed by atoms with Crippen LogP contribution in [0.1, 0.15) is 40.9 Å². The Morgan fingerprint density at radius 1 is 1.24 bits per heavy atom. The van der Waals surface area contributed by atoms with Gasteiger partial charge >= 0.3 is 0 Å². The van der Waals surface area contributed by atoms with Gasteiger partial charge in [0.05, 0.1) is 11.6 Å². The lowest BCUT2D eigenvalue weighted by Gasteiger charge is -2.18. The fourth-order valence-corrected chi connectivity index (χ4v) is 2.20. The number of carbonyl (C=O) groups is 1. The van der Waals surface area contributed by atoms with Gasteiger partial charge in [-0.15, -0.1) is 0 Å². The standard InChI is InChI=1S/C17H19FN2O/c1-3-16(12-6-4-11(2)5-7-12)20-17(21)14-9-8-13(18)10-15(14)19/h4-10,16H,3,19H2,1-2H3,(H,20,21). The third kappa shape index (κ3) is 3.60. The molecular formula is C17H19FN2O. The molecule has 0 radical (unpaired) electrons. The highest BCUT2D eigenvalue weighted by molar-refractivity contribution is 5.99. The Bertz CT molecular complexity index is 638. The number of carbonyl (C=O) groups excluding carboxylic acids is 1. The van der Waals surface area contributed by atoms with Crippen molar-refractivity contribution in [3.8, 4) is 0 Å². The molecule has 3 N–H and O–H groups in total. The molecule has 0 heterocycles. The zero-order valence-corrected chi connectivity index (χ0v) is 12.2. The second-order valence-electron chi connectivity index (χ2n) is 5.08. The smallest absolute Gasteiger partial charge is 0.253 e. The Labute approximate surface area is 124 Å². The maximum absolute atomic E-state index is 13.0. The minimum Gasteiger partial charge on any atom is -0.398 e. The maximum Gasteiger partial charge on any atom is 0.253 e. The molecule has 0 spiro atoms. The maximum atomic E-state index is 13.0. The zero-order chi connectivity index (χ0) is 15.4. The van der Waals surface area contributed by atoms with Gasteiger partial charge in [-0.3, -0.25) is 4.79 Å². The van der Waals surface area contributed by atoms with Crippen molar-refractivity contribution >= 4 is 11.6 Å². The number of hydrogen-bond acceptors (Lipinski definition) is 2. The van der Waals surface area contributed by atoms with E-state index in [1.54, 1.807) is 0 Å². The number of hydrogen-bond donors (Lipinski definition) is 2.